The summed E-state index contributed by atoms with van der Waals surface area (Å²) in [6.07, 6.45) is 0.114. The summed E-state index contributed by atoms with van der Waals surface area (Å²) in [5, 5.41) is 60.8. The predicted molar refractivity (Wildman–Crippen MR) is 130 cm³/mol. The second-order valence-electron chi connectivity index (χ2n) is 7.28. The van der Waals surface area contributed by atoms with Gasteiger partial charge in [-0.05, 0) is 48.4 Å². The topological polar surface area (TPSA) is 253 Å². The van der Waals surface area contributed by atoms with Crippen LogP contribution in [0, 0.1) is 0 Å². The van der Waals surface area contributed by atoms with Crippen LogP contribution in [0.5, 0.6) is 11.5 Å². The fraction of sp³-hybridized carbons (Fsp3) is 0.0800. The maximum absolute atomic E-state index is 10.5. The van der Waals surface area contributed by atoms with Gasteiger partial charge in [0, 0.05) is 0 Å². The van der Waals surface area contributed by atoms with Crippen molar-refractivity contribution in [3.05, 3.63) is 94.5 Å². The van der Waals surface area contributed by atoms with Gasteiger partial charge < -0.3 is 41.5 Å². The third-order valence-corrected chi connectivity index (χ3v) is 4.59. The van der Waals surface area contributed by atoms with Crippen LogP contribution in [0.1, 0.15) is 47.0 Å². The second kappa shape index (κ2) is 14.2. The minimum absolute atomic E-state index is 0.114. The molecule has 0 aromatic heterocycles. The summed E-state index contributed by atoms with van der Waals surface area (Å²) in [5.74, 6) is -6.53. The van der Waals surface area contributed by atoms with Crippen LogP contribution in [0.25, 0.3) is 0 Å². The SMILES string of the molecule is N[C@@H](Cc1ccc(O)c(O)c1)C(=O)O.O=C(O)c1ccccc1C(=O)O.O=C(O)c1ccccc1C(=O)O. The van der Waals surface area contributed by atoms with Crippen molar-refractivity contribution in [2.24, 2.45) is 5.73 Å². The summed E-state index contributed by atoms with van der Waals surface area (Å²) in [7, 11) is 0. The lowest BCUT2D eigenvalue weighted by atomic mass is 10.1. The van der Waals surface area contributed by atoms with E-state index < -0.39 is 35.9 Å². The Balaban J connectivity index is 0.000000286. The minimum Gasteiger partial charge on any atom is -0.504 e. The molecule has 3 aromatic rings. The molecule has 200 valence electrons. The lowest BCUT2D eigenvalue weighted by Crippen LogP contribution is -2.32. The summed E-state index contributed by atoms with van der Waals surface area (Å²) >= 11 is 0. The summed E-state index contributed by atoms with van der Waals surface area (Å²) in [6, 6.07) is 14.0. The van der Waals surface area contributed by atoms with Gasteiger partial charge in [0.1, 0.15) is 6.04 Å². The van der Waals surface area contributed by atoms with Crippen LogP contribution in [0.3, 0.4) is 0 Å². The molecule has 0 radical (unpaired) electrons. The number of hydrogen-bond acceptors (Lipinski definition) is 8. The number of hydrogen-bond donors (Lipinski definition) is 8. The van der Waals surface area contributed by atoms with Crippen molar-refractivity contribution in [3.8, 4) is 11.5 Å². The number of phenols is 2. The molecular weight excluding hydrogens is 506 g/mol. The van der Waals surface area contributed by atoms with Crippen molar-refractivity contribution < 1.29 is 59.7 Å². The van der Waals surface area contributed by atoms with Gasteiger partial charge in [-0.1, -0.05) is 30.3 Å². The maximum atomic E-state index is 10.5. The van der Waals surface area contributed by atoms with E-state index in [9.17, 15) is 24.0 Å². The number of aromatic carboxylic acids is 4. The maximum Gasteiger partial charge on any atom is 0.336 e. The van der Waals surface area contributed by atoms with Gasteiger partial charge >= 0.3 is 29.8 Å². The van der Waals surface area contributed by atoms with Crippen LogP contribution < -0.4 is 5.73 Å². The predicted octanol–water partition coefficient (Wildman–Crippen LogP) is 2.22. The van der Waals surface area contributed by atoms with Crippen molar-refractivity contribution in [1.29, 1.82) is 0 Å². The molecule has 13 heteroatoms. The van der Waals surface area contributed by atoms with Crippen LogP contribution in [0.4, 0.5) is 0 Å². The number of benzene rings is 3. The normalized spacial score (nSPS) is 10.4. The number of carboxylic acid groups (broad SMARTS) is 5. The highest BCUT2D eigenvalue weighted by atomic mass is 16.4. The second-order valence-corrected chi connectivity index (χ2v) is 7.28. The first-order valence-corrected chi connectivity index (χ1v) is 10.4. The van der Waals surface area contributed by atoms with Gasteiger partial charge in [-0.15, -0.1) is 0 Å². The van der Waals surface area contributed by atoms with Crippen molar-refractivity contribution >= 4 is 29.8 Å². The molecule has 38 heavy (non-hydrogen) atoms. The highest BCUT2D eigenvalue weighted by Crippen LogP contribution is 2.25. The van der Waals surface area contributed by atoms with E-state index in [1.165, 1.54) is 66.7 Å². The van der Waals surface area contributed by atoms with Gasteiger partial charge in [0.25, 0.3) is 0 Å². The lowest BCUT2D eigenvalue weighted by molar-refractivity contribution is -0.138. The van der Waals surface area contributed by atoms with E-state index >= 15 is 0 Å². The molecule has 0 aliphatic carbocycles. The van der Waals surface area contributed by atoms with Crippen LogP contribution in [-0.2, 0) is 11.2 Å². The summed E-state index contributed by atoms with van der Waals surface area (Å²) in [6.45, 7) is 0. The number of carboxylic acids is 5. The third-order valence-electron chi connectivity index (χ3n) is 4.59. The molecular formula is C25H23NO12. The molecule has 0 fully saturated rings. The Hall–Kier alpha value is -5.43. The number of aromatic hydroxyl groups is 2. The Morgan fingerprint density at radius 3 is 1.18 bits per heavy atom. The van der Waals surface area contributed by atoms with Crippen molar-refractivity contribution in [1.82, 2.24) is 0 Å². The molecule has 0 aliphatic rings. The average molecular weight is 529 g/mol. The average Bonchev–Trinajstić information content (AvgIpc) is 2.86. The van der Waals surface area contributed by atoms with Gasteiger partial charge in [0.05, 0.1) is 22.3 Å². The molecule has 0 aliphatic heterocycles. The van der Waals surface area contributed by atoms with Gasteiger partial charge in [-0.3, -0.25) is 4.79 Å². The highest BCUT2D eigenvalue weighted by molar-refractivity contribution is 6.02. The number of nitrogens with two attached hydrogens (primary N) is 1. The van der Waals surface area contributed by atoms with Crippen molar-refractivity contribution in [2.45, 2.75) is 12.5 Å². The van der Waals surface area contributed by atoms with Gasteiger partial charge in [0.2, 0.25) is 0 Å². The van der Waals surface area contributed by atoms with E-state index in [2.05, 4.69) is 0 Å². The van der Waals surface area contributed by atoms with E-state index in [-0.39, 0.29) is 40.2 Å². The summed E-state index contributed by atoms with van der Waals surface area (Å²) < 4.78 is 0. The van der Waals surface area contributed by atoms with E-state index in [0.717, 1.165) is 0 Å². The summed E-state index contributed by atoms with van der Waals surface area (Å²) in [5.41, 5.74) is 5.10. The fourth-order valence-corrected chi connectivity index (χ4v) is 2.75. The Labute approximate surface area is 214 Å². The standard InChI is InChI=1S/C9H11NO4.2C8H6O4/c10-6(9(13)14)3-5-1-2-7(11)8(12)4-5;2*9-7(10)5-3-1-2-4-6(5)8(11)12/h1-2,4,6,11-12H,3,10H2,(H,13,14);2*1-4H,(H,9,10)(H,11,12)/t6-;;/m0../s1. The number of rotatable bonds is 7. The fourth-order valence-electron chi connectivity index (χ4n) is 2.75. The number of carbonyl (C=O) groups is 5. The highest BCUT2D eigenvalue weighted by Gasteiger charge is 2.15. The van der Waals surface area contributed by atoms with Gasteiger partial charge in [0.15, 0.2) is 11.5 Å². The molecule has 1 atom stereocenters. The van der Waals surface area contributed by atoms with Crippen LogP contribution >= 0.6 is 0 Å². The van der Waals surface area contributed by atoms with E-state index in [4.69, 9.17) is 41.5 Å². The third kappa shape index (κ3) is 9.31. The Bertz CT molecular complexity index is 1200. The number of phenolic OH excluding ortho intramolecular Hbond substituents is 2. The van der Waals surface area contributed by atoms with Crippen molar-refractivity contribution in [3.63, 3.8) is 0 Å². The number of aliphatic carboxylic acids is 1. The zero-order valence-electron chi connectivity index (χ0n) is 19.4. The van der Waals surface area contributed by atoms with E-state index in [1.54, 1.807) is 0 Å². The van der Waals surface area contributed by atoms with Crippen LogP contribution in [-0.4, -0.2) is 71.6 Å². The monoisotopic (exact) mass is 529 g/mol. The first kappa shape index (κ1) is 30.6. The van der Waals surface area contributed by atoms with Gasteiger partial charge in [-0.25, -0.2) is 19.2 Å². The molecule has 0 unspecified atom stereocenters. The molecule has 0 saturated carbocycles. The quantitative estimate of drug-likeness (QED) is 0.205. The molecule has 0 amide bonds. The zero-order valence-corrected chi connectivity index (χ0v) is 19.4. The first-order valence-electron chi connectivity index (χ1n) is 10.4. The Kier molecular flexibility index (Phi) is 11.4. The largest absolute Gasteiger partial charge is 0.504 e. The minimum atomic E-state index is -1.23. The molecule has 3 rings (SSSR count). The molecule has 0 bridgehead atoms. The van der Waals surface area contributed by atoms with E-state index in [1.807, 2.05) is 0 Å². The Morgan fingerprint density at radius 2 is 0.921 bits per heavy atom. The van der Waals surface area contributed by atoms with Crippen LogP contribution in [0.15, 0.2) is 66.7 Å². The molecule has 9 N–H and O–H groups in total. The lowest BCUT2D eigenvalue weighted by Gasteiger charge is -2.06. The Morgan fingerprint density at radius 1 is 0.579 bits per heavy atom. The molecule has 0 heterocycles. The molecule has 13 nitrogen and oxygen atoms in total. The van der Waals surface area contributed by atoms with Crippen molar-refractivity contribution in [2.75, 3.05) is 0 Å². The van der Waals surface area contributed by atoms with Crippen LogP contribution in [0.2, 0.25) is 0 Å². The first-order chi connectivity index (χ1) is 17.8. The summed E-state index contributed by atoms with van der Waals surface area (Å²) in [4.78, 5) is 52.3. The van der Waals surface area contributed by atoms with E-state index in [0.29, 0.717) is 5.56 Å². The zero-order chi connectivity index (χ0) is 29.0. The smallest absolute Gasteiger partial charge is 0.336 e. The molecule has 0 spiro atoms. The van der Waals surface area contributed by atoms with Gasteiger partial charge in [-0.2, -0.15) is 0 Å². The molecule has 0 saturated heterocycles. The molecule has 3 aromatic carbocycles.